The smallest absolute Gasteiger partial charge is 0.226 e. The van der Waals surface area contributed by atoms with Crippen molar-refractivity contribution in [1.82, 2.24) is 14.8 Å². The van der Waals surface area contributed by atoms with Gasteiger partial charge in [-0.05, 0) is 25.5 Å². The molecule has 1 aliphatic rings. The highest BCUT2D eigenvalue weighted by atomic mass is 35.5. The van der Waals surface area contributed by atoms with Crippen molar-refractivity contribution in [1.29, 1.82) is 0 Å². The number of amides is 1. The lowest BCUT2D eigenvalue weighted by Gasteiger charge is -2.23. The summed E-state index contributed by atoms with van der Waals surface area (Å²) >= 11 is 5.91. The lowest BCUT2D eigenvalue weighted by atomic mass is 9.89. The molecule has 1 amide bonds. The van der Waals surface area contributed by atoms with Crippen molar-refractivity contribution in [3.05, 3.63) is 40.3 Å². The van der Waals surface area contributed by atoms with Gasteiger partial charge in [-0.25, -0.2) is 4.68 Å². The highest BCUT2D eigenvalue weighted by Gasteiger charge is 2.32. The van der Waals surface area contributed by atoms with Gasteiger partial charge < -0.3 is 5.32 Å². The Kier molecular flexibility index (Phi) is 4.16. The van der Waals surface area contributed by atoms with Gasteiger partial charge in [0.2, 0.25) is 5.91 Å². The molecule has 1 aliphatic heterocycles. The summed E-state index contributed by atoms with van der Waals surface area (Å²) in [6.07, 6.45) is 4.14. The number of hydrogen-bond acceptors (Lipinski definition) is 3. The van der Waals surface area contributed by atoms with Gasteiger partial charge in [0.1, 0.15) is 5.82 Å². The summed E-state index contributed by atoms with van der Waals surface area (Å²) in [7, 11) is 0. The third kappa shape index (κ3) is 2.73. The molecule has 0 saturated heterocycles. The molecule has 116 valence electrons. The summed E-state index contributed by atoms with van der Waals surface area (Å²) in [5.74, 6) is 0.771. The number of aromatic nitrogens is 3. The number of rotatable bonds is 4. The molecule has 1 atom stereocenters. The van der Waals surface area contributed by atoms with E-state index in [0.29, 0.717) is 11.4 Å². The lowest BCUT2D eigenvalue weighted by Crippen LogP contribution is -2.25. The van der Waals surface area contributed by atoms with Crippen molar-refractivity contribution < 1.29 is 4.79 Å². The van der Waals surface area contributed by atoms with E-state index >= 15 is 0 Å². The van der Waals surface area contributed by atoms with Gasteiger partial charge in [-0.3, -0.25) is 9.78 Å². The minimum atomic E-state index is -0.0589. The molecule has 0 aliphatic carbocycles. The predicted octanol–water partition coefficient (Wildman–Crippen LogP) is 3.51. The maximum Gasteiger partial charge on any atom is 0.226 e. The minimum absolute atomic E-state index is 0.00639. The van der Waals surface area contributed by atoms with Crippen LogP contribution in [0.2, 0.25) is 5.02 Å². The molecule has 3 heterocycles. The van der Waals surface area contributed by atoms with Crippen molar-refractivity contribution in [2.75, 3.05) is 5.32 Å². The predicted molar refractivity (Wildman–Crippen MR) is 86.2 cm³/mol. The van der Waals surface area contributed by atoms with E-state index in [1.165, 1.54) is 0 Å². The van der Waals surface area contributed by atoms with Crippen molar-refractivity contribution in [3.8, 4) is 0 Å². The molecule has 0 saturated carbocycles. The third-order valence-electron chi connectivity index (χ3n) is 4.00. The quantitative estimate of drug-likeness (QED) is 0.938. The Balaban J connectivity index is 2.03. The van der Waals surface area contributed by atoms with Gasteiger partial charge in [0.25, 0.3) is 0 Å². The van der Waals surface area contributed by atoms with Gasteiger partial charge >= 0.3 is 0 Å². The third-order valence-corrected chi connectivity index (χ3v) is 4.22. The van der Waals surface area contributed by atoms with Crippen molar-refractivity contribution >= 4 is 23.3 Å². The van der Waals surface area contributed by atoms with Gasteiger partial charge in [0.05, 0.1) is 10.7 Å². The first-order valence-corrected chi connectivity index (χ1v) is 7.96. The maximum atomic E-state index is 12.1. The molecule has 1 N–H and O–H groups in total. The van der Waals surface area contributed by atoms with Crippen LogP contribution in [0.1, 0.15) is 49.1 Å². The summed E-state index contributed by atoms with van der Waals surface area (Å²) in [6, 6.07) is 3.70. The molecule has 2 aromatic rings. The van der Waals surface area contributed by atoms with Crippen molar-refractivity contribution in [3.63, 3.8) is 0 Å². The normalized spacial score (nSPS) is 17.2. The van der Waals surface area contributed by atoms with E-state index in [4.69, 9.17) is 11.6 Å². The van der Waals surface area contributed by atoms with E-state index in [0.717, 1.165) is 42.2 Å². The number of hydrogen-bond donors (Lipinski definition) is 1. The molecule has 22 heavy (non-hydrogen) atoms. The van der Waals surface area contributed by atoms with E-state index < -0.39 is 0 Å². The monoisotopic (exact) mass is 318 g/mol. The Hall–Kier alpha value is -1.88. The standard InChI is InChI=1S/C16H19ClN4O/c1-3-4-7-21-16-15(10(2)20-21)12(8-14(22)19-16)13-6-5-11(17)9-18-13/h5-6,9,12H,3-4,7-8H2,1-2H3,(H,19,22). The fraction of sp³-hybridized carbons (Fsp3) is 0.438. The second-order valence-electron chi connectivity index (χ2n) is 5.63. The molecule has 0 fully saturated rings. The summed E-state index contributed by atoms with van der Waals surface area (Å²) in [5, 5.41) is 8.18. The van der Waals surface area contributed by atoms with Crippen LogP contribution < -0.4 is 5.32 Å². The van der Waals surface area contributed by atoms with Gasteiger partial charge in [-0.15, -0.1) is 0 Å². The molecule has 6 heteroatoms. The molecule has 3 rings (SSSR count). The molecule has 0 bridgehead atoms. The first-order valence-electron chi connectivity index (χ1n) is 7.58. The molecule has 5 nitrogen and oxygen atoms in total. The topological polar surface area (TPSA) is 59.8 Å². The van der Waals surface area contributed by atoms with Crippen LogP contribution in [0.25, 0.3) is 0 Å². The second kappa shape index (κ2) is 6.08. The Bertz CT molecular complexity index is 693. The highest BCUT2D eigenvalue weighted by molar-refractivity contribution is 6.30. The lowest BCUT2D eigenvalue weighted by molar-refractivity contribution is -0.116. The highest BCUT2D eigenvalue weighted by Crippen LogP contribution is 2.38. The van der Waals surface area contributed by atoms with Gasteiger partial charge in [0, 0.05) is 36.3 Å². The number of pyridine rings is 1. The number of unbranched alkanes of at least 4 members (excludes halogenated alkanes) is 1. The molecule has 0 spiro atoms. The van der Waals surface area contributed by atoms with Crippen LogP contribution in [0.15, 0.2) is 18.3 Å². The van der Waals surface area contributed by atoms with Crippen LogP contribution in [-0.4, -0.2) is 20.7 Å². The SMILES string of the molecule is CCCCn1nc(C)c2c1NC(=O)CC2c1ccc(Cl)cn1. The van der Waals surface area contributed by atoms with E-state index in [1.54, 1.807) is 6.20 Å². The summed E-state index contributed by atoms with van der Waals surface area (Å²) in [5.41, 5.74) is 2.89. The first kappa shape index (κ1) is 15.0. The van der Waals surface area contributed by atoms with Crippen LogP contribution in [0, 0.1) is 6.92 Å². The largest absolute Gasteiger partial charge is 0.311 e. The molecular formula is C16H19ClN4O. The second-order valence-corrected chi connectivity index (χ2v) is 6.07. The van der Waals surface area contributed by atoms with Crippen molar-refractivity contribution in [2.45, 2.75) is 45.6 Å². The van der Waals surface area contributed by atoms with Crippen LogP contribution in [-0.2, 0) is 11.3 Å². The number of halogens is 1. The Labute approximate surface area is 134 Å². The molecule has 1 unspecified atom stereocenters. The first-order chi connectivity index (χ1) is 10.6. The van der Waals surface area contributed by atoms with E-state index in [9.17, 15) is 4.79 Å². The maximum absolute atomic E-state index is 12.1. The fourth-order valence-electron chi connectivity index (χ4n) is 2.93. The van der Waals surface area contributed by atoms with Crippen LogP contribution in [0.3, 0.4) is 0 Å². The number of carbonyl (C=O) groups excluding carboxylic acids is 1. The summed E-state index contributed by atoms with van der Waals surface area (Å²) in [4.78, 5) is 16.5. The van der Waals surface area contributed by atoms with Gasteiger partial charge in [-0.2, -0.15) is 5.10 Å². The average molecular weight is 319 g/mol. The Morgan fingerprint density at radius 3 is 2.95 bits per heavy atom. The summed E-state index contributed by atoms with van der Waals surface area (Å²) < 4.78 is 1.91. The van der Waals surface area contributed by atoms with Gasteiger partial charge in [0.15, 0.2) is 0 Å². The number of anilines is 1. The zero-order valence-corrected chi connectivity index (χ0v) is 13.5. The number of aryl methyl sites for hydroxylation is 2. The minimum Gasteiger partial charge on any atom is -0.311 e. The zero-order chi connectivity index (χ0) is 15.7. The number of fused-ring (bicyclic) bond motifs is 1. The van der Waals surface area contributed by atoms with E-state index in [1.807, 2.05) is 23.7 Å². The van der Waals surface area contributed by atoms with Crippen molar-refractivity contribution in [2.24, 2.45) is 0 Å². The molecule has 2 aromatic heterocycles. The van der Waals surface area contributed by atoms with Crippen LogP contribution in [0.4, 0.5) is 5.82 Å². The molecule has 0 aromatic carbocycles. The van der Waals surface area contributed by atoms with Crippen LogP contribution >= 0.6 is 11.6 Å². The zero-order valence-electron chi connectivity index (χ0n) is 12.8. The van der Waals surface area contributed by atoms with E-state index in [-0.39, 0.29) is 11.8 Å². The number of nitrogens with zero attached hydrogens (tertiary/aromatic N) is 3. The Morgan fingerprint density at radius 1 is 1.45 bits per heavy atom. The number of carbonyl (C=O) groups is 1. The van der Waals surface area contributed by atoms with E-state index in [2.05, 4.69) is 22.3 Å². The summed E-state index contributed by atoms with van der Waals surface area (Å²) in [6.45, 7) is 4.94. The molecular weight excluding hydrogens is 300 g/mol. The Morgan fingerprint density at radius 2 is 2.27 bits per heavy atom. The molecule has 0 radical (unpaired) electrons. The average Bonchev–Trinajstić information content (AvgIpc) is 2.81. The fourth-order valence-corrected chi connectivity index (χ4v) is 3.04. The van der Waals surface area contributed by atoms with Gasteiger partial charge in [-0.1, -0.05) is 24.9 Å². The van der Waals surface area contributed by atoms with Crippen LogP contribution in [0.5, 0.6) is 0 Å². The number of nitrogens with one attached hydrogen (secondary N) is 1.